The van der Waals surface area contributed by atoms with E-state index in [9.17, 15) is 4.79 Å². The smallest absolute Gasteiger partial charge is 0.408 e. The quantitative estimate of drug-likeness (QED) is 0.135. The molecule has 1 spiro atoms. The fraction of sp³-hybridized carbons (Fsp3) is 0.436. The van der Waals surface area contributed by atoms with Gasteiger partial charge in [-0.25, -0.2) is 24.1 Å². The lowest BCUT2D eigenvalue weighted by atomic mass is 9.68. The number of allylic oxidation sites excluding steroid dienone is 3. The molecule has 3 aromatic heterocycles. The van der Waals surface area contributed by atoms with E-state index in [4.69, 9.17) is 20.4 Å². The predicted molar refractivity (Wildman–Crippen MR) is 205 cm³/mol. The summed E-state index contributed by atoms with van der Waals surface area (Å²) in [7, 11) is 0. The van der Waals surface area contributed by atoms with Crippen LogP contribution in [-0.2, 0) is 4.74 Å². The number of hydrogen-bond donors (Lipinski definition) is 2. The van der Waals surface area contributed by atoms with Crippen molar-refractivity contribution in [3.05, 3.63) is 73.0 Å². The van der Waals surface area contributed by atoms with Gasteiger partial charge in [-0.2, -0.15) is 0 Å². The van der Waals surface area contributed by atoms with Gasteiger partial charge in [0.25, 0.3) is 0 Å². The first-order chi connectivity index (χ1) is 23.9. The van der Waals surface area contributed by atoms with Crippen molar-refractivity contribution in [3.63, 3.8) is 0 Å². The molecular weight excluding hydrogens is 645 g/mol. The van der Waals surface area contributed by atoms with Gasteiger partial charge in [-0.3, -0.25) is 4.57 Å². The van der Waals surface area contributed by atoms with Crippen LogP contribution in [0.3, 0.4) is 0 Å². The van der Waals surface area contributed by atoms with Gasteiger partial charge in [0.15, 0.2) is 11.5 Å². The van der Waals surface area contributed by atoms with E-state index in [1.807, 2.05) is 63.9 Å². The van der Waals surface area contributed by atoms with E-state index in [0.717, 1.165) is 79.1 Å². The van der Waals surface area contributed by atoms with Gasteiger partial charge in [-0.1, -0.05) is 43.2 Å². The monoisotopic (exact) mass is 692 g/mol. The second kappa shape index (κ2) is 13.1. The third-order valence-corrected chi connectivity index (χ3v) is 11.2. The molecule has 0 bridgehead atoms. The number of carbonyl (C=O) groups is 1. The number of alkyl carbamates (subject to hydrolysis) is 1. The summed E-state index contributed by atoms with van der Waals surface area (Å²) in [6.45, 7) is 14.3. The Bertz CT molecular complexity index is 1960. The van der Waals surface area contributed by atoms with Gasteiger partial charge in [0, 0.05) is 60.3 Å². The number of benzene rings is 1. The standard InChI is InChI=1S/C39H48N8O2S/c1-7-28(15-14-26(2)39(18-10-19-39)44-36(48)49-37(3,4)5)47-34(30-13-9-20-41-33(30)40)43-32-17-16-31(42-35(32)47)27-11-8-12-29(21-27)45-22-38(23-45)24-46(25-38)50-6/h7-9,11-17,20-21,26H,10,18-19,22-25H2,1-6H3,(H2,40,41)(H,44,48)/b15-14-,28-7+. The summed E-state index contributed by atoms with van der Waals surface area (Å²) in [6.07, 6.45) is 12.6. The van der Waals surface area contributed by atoms with Crippen molar-refractivity contribution in [2.75, 3.05) is 43.1 Å². The normalized spacial score (nSPS) is 19.2. The largest absolute Gasteiger partial charge is 0.444 e. The summed E-state index contributed by atoms with van der Waals surface area (Å²) in [4.78, 5) is 30.0. The number of aromatic nitrogens is 4. The van der Waals surface area contributed by atoms with E-state index in [1.54, 1.807) is 6.20 Å². The minimum atomic E-state index is -0.559. The van der Waals surface area contributed by atoms with Crippen LogP contribution >= 0.6 is 11.9 Å². The van der Waals surface area contributed by atoms with E-state index < -0.39 is 5.60 Å². The molecule has 10 nitrogen and oxygen atoms in total. The van der Waals surface area contributed by atoms with Crippen molar-refractivity contribution in [3.8, 4) is 22.6 Å². The second-order valence-corrected chi connectivity index (χ2v) is 16.0. The summed E-state index contributed by atoms with van der Waals surface area (Å²) in [5, 5.41) is 3.20. The zero-order valence-electron chi connectivity index (χ0n) is 29.9. The fourth-order valence-corrected chi connectivity index (χ4v) is 8.28. The van der Waals surface area contributed by atoms with E-state index in [2.05, 4.69) is 79.7 Å². The number of hydrogen-bond acceptors (Lipinski definition) is 9. The maximum absolute atomic E-state index is 12.8. The van der Waals surface area contributed by atoms with E-state index in [-0.39, 0.29) is 17.6 Å². The molecule has 1 atom stereocenters. The maximum Gasteiger partial charge on any atom is 0.408 e. The Labute approximate surface area is 299 Å². The molecule has 3 aliphatic rings. The van der Waals surface area contributed by atoms with Crippen LogP contribution in [0.4, 0.5) is 16.3 Å². The van der Waals surface area contributed by atoms with Crippen LogP contribution in [0, 0.1) is 11.3 Å². The molecule has 3 fully saturated rings. The molecule has 50 heavy (non-hydrogen) atoms. The first kappa shape index (κ1) is 34.1. The molecule has 7 rings (SSSR count). The molecule has 1 amide bonds. The number of nitrogens with zero attached hydrogens (tertiary/aromatic N) is 6. The third-order valence-electron chi connectivity index (χ3n) is 10.4. The first-order valence-corrected chi connectivity index (χ1v) is 18.7. The highest BCUT2D eigenvalue weighted by Crippen LogP contribution is 2.44. The minimum absolute atomic E-state index is 0.0519. The van der Waals surface area contributed by atoms with Crippen LogP contribution in [0.15, 0.2) is 73.0 Å². The summed E-state index contributed by atoms with van der Waals surface area (Å²) >= 11 is 1.84. The number of nitrogen functional groups attached to an aromatic ring is 1. The van der Waals surface area contributed by atoms with Crippen LogP contribution in [-0.4, -0.2) is 73.5 Å². The van der Waals surface area contributed by atoms with Crippen molar-refractivity contribution < 1.29 is 9.53 Å². The molecule has 1 unspecified atom stereocenters. The molecular formula is C39H48N8O2S. The molecule has 1 aliphatic carbocycles. The molecule has 1 aromatic carbocycles. The topological polar surface area (TPSA) is 114 Å². The molecule has 11 heteroatoms. The SMILES string of the molecule is C/C=C(\C=C/C(C)C1(NC(=O)OC(C)(C)C)CCC1)n1c(-c2cccnc2N)nc2ccc(-c3cccc(N4CC5(CN(SC)C5)C4)c3)nc21. The molecule has 2 aliphatic heterocycles. The first-order valence-electron chi connectivity index (χ1n) is 17.5. The average Bonchev–Trinajstić information content (AvgIpc) is 3.40. The van der Waals surface area contributed by atoms with Crippen LogP contribution < -0.4 is 16.0 Å². The van der Waals surface area contributed by atoms with Crippen molar-refractivity contribution in [2.24, 2.45) is 11.3 Å². The molecule has 4 aromatic rings. The Kier molecular flexibility index (Phi) is 8.92. The number of carbonyl (C=O) groups excluding carboxylic acids is 1. The highest BCUT2D eigenvalue weighted by Gasteiger charge is 2.51. The number of fused-ring (bicyclic) bond motifs is 1. The number of amides is 1. The van der Waals surface area contributed by atoms with E-state index in [0.29, 0.717) is 17.1 Å². The molecule has 262 valence electrons. The lowest BCUT2D eigenvalue weighted by Gasteiger charge is -2.60. The Morgan fingerprint density at radius 3 is 2.52 bits per heavy atom. The fourth-order valence-electron chi connectivity index (χ4n) is 7.47. The number of nitrogens with two attached hydrogens (primary N) is 1. The Morgan fingerprint density at radius 2 is 1.86 bits per heavy atom. The minimum Gasteiger partial charge on any atom is -0.444 e. The Balaban J connectivity index is 1.21. The number of pyridine rings is 2. The maximum atomic E-state index is 12.8. The number of imidazole rings is 1. The Hall–Kier alpha value is -4.35. The van der Waals surface area contributed by atoms with Crippen molar-refractivity contribution in [2.45, 2.75) is 65.0 Å². The van der Waals surface area contributed by atoms with Crippen LogP contribution in [0.5, 0.6) is 0 Å². The zero-order valence-corrected chi connectivity index (χ0v) is 30.8. The van der Waals surface area contributed by atoms with E-state index >= 15 is 0 Å². The molecule has 1 saturated carbocycles. The highest BCUT2D eigenvalue weighted by atomic mass is 32.2. The predicted octanol–water partition coefficient (Wildman–Crippen LogP) is 7.64. The number of rotatable bonds is 9. The van der Waals surface area contributed by atoms with Gasteiger partial charge in [0.1, 0.15) is 16.9 Å². The summed E-state index contributed by atoms with van der Waals surface area (Å²) < 4.78 is 10.1. The Morgan fingerprint density at radius 1 is 1.08 bits per heavy atom. The molecule has 3 N–H and O–H groups in total. The highest BCUT2D eigenvalue weighted by molar-refractivity contribution is 7.96. The number of nitrogens with one attached hydrogen (secondary N) is 1. The molecule has 0 radical (unpaired) electrons. The van der Waals surface area contributed by atoms with Crippen molar-refractivity contribution >= 4 is 46.4 Å². The second-order valence-electron chi connectivity index (χ2n) is 15.1. The van der Waals surface area contributed by atoms with Crippen LogP contribution in [0.25, 0.3) is 39.5 Å². The summed E-state index contributed by atoms with van der Waals surface area (Å²) in [5.74, 6) is 1.13. The van der Waals surface area contributed by atoms with Crippen molar-refractivity contribution in [1.82, 2.24) is 29.1 Å². The molecule has 5 heterocycles. The van der Waals surface area contributed by atoms with Crippen LogP contribution in [0.1, 0.15) is 53.9 Å². The van der Waals surface area contributed by atoms with Crippen molar-refractivity contribution in [1.29, 1.82) is 0 Å². The number of ether oxygens (including phenoxy) is 1. The van der Waals surface area contributed by atoms with Gasteiger partial charge >= 0.3 is 6.09 Å². The average molecular weight is 693 g/mol. The number of anilines is 2. The lowest BCUT2D eigenvalue weighted by molar-refractivity contribution is 0.0327. The van der Waals surface area contributed by atoms with Gasteiger partial charge in [-0.15, -0.1) is 0 Å². The lowest BCUT2D eigenvalue weighted by Crippen LogP contribution is -2.70. The van der Waals surface area contributed by atoms with E-state index in [1.165, 1.54) is 5.69 Å². The molecule has 2 saturated heterocycles. The van der Waals surface area contributed by atoms with Gasteiger partial charge in [0.05, 0.1) is 11.3 Å². The van der Waals surface area contributed by atoms with Crippen LogP contribution in [0.2, 0.25) is 0 Å². The van der Waals surface area contributed by atoms with Gasteiger partial charge in [0.2, 0.25) is 0 Å². The third kappa shape index (κ3) is 6.49. The zero-order chi connectivity index (χ0) is 35.3. The van der Waals surface area contributed by atoms with Gasteiger partial charge < -0.3 is 20.7 Å². The summed E-state index contributed by atoms with van der Waals surface area (Å²) in [6, 6.07) is 16.6. The van der Waals surface area contributed by atoms with Gasteiger partial charge in [-0.05, 0) is 102 Å². The summed E-state index contributed by atoms with van der Waals surface area (Å²) in [5.41, 5.74) is 12.2.